The monoisotopic (exact) mass is 321 g/mol. The van der Waals surface area contributed by atoms with Gasteiger partial charge in [0.05, 0.1) is 0 Å². The summed E-state index contributed by atoms with van der Waals surface area (Å²) in [4.78, 5) is 14.4. The molecule has 0 bridgehead atoms. The van der Waals surface area contributed by atoms with Crippen molar-refractivity contribution in [3.8, 4) is 0 Å². The lowest BCUT2D eigenvalue weighted by atomic mass is 9.99. The van der Waals surface area contributed by atoms with Crippen molar-refractivity contribution in [1.29, 1.82) is 0 Å². The number of nitrogens with zero attached hydrogens (tertiary/aromatic N) is 1. The highest BCUT2D eigenvalue weighted by atomic mass is 19.1. The van der Waals surface area contributed by atoms with Crippen LogP contribution in [0.25, 0.3) is 10.8 Å². The third-order valence-corrected chi connectivity index (χ3v) is 4.30. The number of hydrogen-bond acceptors (Lipinski definition) is 1. The predicted octanol–water partition coefficient (Wildman–Crippen LogP) is 4.82. The van der Waals surface area contributed by atoms with Gasteiger partial charge in [-0.15, -0.1) is 0 Å². The summed E-state index contributed by atoms with van der Waals surface area (Å²) in [6, 6.07) is 20.5. The normalized spacial score (nSPS) is 12.1. The van der Waals surface area contributed by atoms with E-state index in [4.69, 9.17) is 0 Å². The number of benzene rings is 3. The molecule has 1 unspecified atom stereocenters. The van der Waals surface area contributed by atoms with E-state index in [0.717, 1.165) is 22.0 Å². The van der Waals surface area contributed by atoms with Gasteiger partial charge in [0, 0.05) is 18.7 Å². The van der Waals surface area contributed by atoms with Crippen molar-refractivity contribution in [2.24, 2.45) is 5.92 Å². The number of rotatable bonds is 4. The number of hydrogen-bond donors (Lipinski definition) is 0. The largest absolute Gasteiger partial charge is 0.315 e. The van der Waals surface area contributed by atoms with Crippen LogP contribution >= 0.6 is 0 Å². The lowest BCUT2D eigenvalue weighted by Crippen LogP contribution is -2.32. The Hall–Kier alpha value is -2.68. The predicted molar refractivity (Wildman–Crippen MR) is 96.6 cm³/mol. The van der Waals surface area contributed by atoms with E-state index in [0.29, 0.717) is 6.42 Å². The molecule has 0 aliphatic carbocycles. The Morgan fingerprint density at radius 2 is 1.75 bits per heavy atom. The molecule has 3 aromatic rings. The van der Waals surface area contributed by atoms with Gasteiger partial charge < -0.3 is 4.90 Å². The molecular formula is C21H20FNO. The molecule has 3 aromatic carbocycles. The number of anilines is 1. The highest BCUT2D eigenvalue weighted by molar-refractivity contribution is 5.97. The fourth-order valence-corrected chi connectivity index (χ4v) is 2.95. The average Bonchev–Trinajstić information content (AvgIpc) is 2.60. The van der Waals surface area contributed by atoms with Gasteiger partial charge in [-0.1, -0.05) is 49.4 Å². The van der Waals surface area contributed by atoms with Crippen LogP contribution < -0.4 is 4.90 Å². The molecule has 1 atom stereocenters. The van der Waals surface area contributed by atoms with E-state index in [2.05, 4.69) is 0 Å². The van der Waals surface area contributed by atoms with E-state index in [9.17, 15) is 9.18 Å². The molecule has 0 aliphatic heterocycles. The van der Waals surface area contributed by atoms with Crippen LogP contribution in [0.5, 0.6) is 0 Å². The molecule has 0 fully saturated rings. The molecule has 0 aliphatic rings. The minimum atomic E-state index is -0.268. The fourth-order valence-electron chi connectivity index (χ4n) is 2.95. The molecular weight excluding hydrogens is 301 g/mol. The van der Waals surface area contributed by atoms with Crippen LogP contribution in [0.15, 0.2) is 66.7 Å². The molecule has 0 spiro atoms. The van der Waals surface area contributed by atoms with Gasteiger partial charge in [-0.3, -0.25) is 4.79 Å². The van der Waals surface area contributed by atoms with Gasteiger partial charge in [-0.2, -0.15) is 0 Å². The summed E-state index contributed by atoms with van der Waals surface area (Å²) in [6.45, 7) is 1.88. The van der Waals surface area contributed by atoms with Gasteiger partial charge in [-0.25, -0.2) is 4.39 Å². The van der Waals surface area contributed by atoms with Gasteiger partial charge in [0.15, 0.2) is 0 Å². The van der Waals surface area contributed by atoms with Crippen molar-refractivity contribution in [3.05, 3.63) is 78.1 Å². The topological polar surface area (TPSA) is 20.3 Å². The molecule has 122 valence electrons. The smallest absolute Gasteiger partial charge is 0.229 e. The zero-order valence-corrected chi connectivity index (χ0v) is 13.9. The summed E-state index contributed by atoms with van der Waals surface area (Å²) in [5, 5.41) is 2.25. The number of halogens is 1. The Labute approximate surface area is 141 Å². The summed E-state index contributed by atoms with van der Waals surface area (Å²) < 4.78 is 13.3. The quantitative estimate of drug-likeness (QED) is 0.674. The lowest BCUT2D eigenvalue weighted by molar-refractivity contribution is -0.121. The van der Waals surface area contributed by atoms with Crippen molar-refractivity contribution >= 4 is 22.4 Å². The molecule has 0 saturated heterocycles. The second-order valence-electron chi connectivity index (χ2n) is 6.16. The number of fused-ring (bicyclic) bond motifs is 1. The Bertz CT molecular complexity index is 874. The molecule has 0 radical (unpaired) electrons. The summed E-state index contributed by atoms with van der Waals surface area (Å²) in [5.74, 6) is -0.465. The van der Waals surface area contributed by atoms with Crippen LogP contribution in [0.1, 0.15) is 12.5 Å². The second kappa shape index (κ2) is 6.83. The Morgan fingerprint density at radius 3 is 2.50 bits per heavy atom. The maximum absolute atomic E-state index is 13.3. The minimum Gasteiger partial charge on any atom is -0.315 e. The maximum atomic E-state index is 13.3. The summed E-state index contributed by atoms with van der Waals surface area (Å²) >= 11 is 0. The van der Waals surface area contributed by atoms with Crippen molar-refractivity contribution in [2.45, 2.75) is 13.3 Å². The van der Waals surface area contributed by atoms with E-state index in [1.807, 2.05) is 55.5 Å². The van der Waals surface area contributed by atoms with Crippen LogP contribution in [0.4, 0.5) is 10.1 Å². The molecule has 3 heteroatoms. The van der Waals surface area contributed by atoms with Crippen molar-refractivity contribution in [2.75, 3.05) is 11.9 Å². The van der Waals surface area contributed by atoms with Crippen molar-refractivity contribution < 1.29 is 9.18 Å². The second-order valence-corrected chi connectivity index (χ2v) is 6.16. The average molecular weight is 321 g/mol. The molecule has 0 saturated carbocycles. The van der Waals surface area contributed by atoms with Crippen LogP contribution in [0.3, 0.4) is 0 Å². The Balaban J connectivity index is 1.77. The lowest BCUT2D eigenvalue weighted by Gasteiger charge is -2.22. The van der Waals surface area contributed by atoms with E-state index in [1.54, 1.807) is 18.0 Å². The Morgan fingerprint density at radius 1 is 1.00 bits per heavy atom. The van der Waals surface area contributed by atoms with E-state index >= 15 is 0 Å². The molecule has 0 heterocycles. The first-order chi connectivity index (χ1) is 11.5. The summed E-state index contributed by atoms with van der Waals surface area (Å²) in [5.41, 5.74) is 1.70. The van der Waals surface area contributed by atoms with Crippen molar-refractivity contribution in [1.82, 2.24) is 0 Å². The molecule has 24 heavy (non-hydrogen) atoms. The van der Waals surface area contributed by atoms with Crippen LogP contribution in [0, 0.1) is 11.7 Å². The van der Waals surface area contributed by atoms with Gasteiger partial charge >= 0.3 is 0 Å². The number of carbonyl (C=O) groups is 1. The van der Waals surface area contributed by atoms with Gasteiger partial charge in [0.25, 0.3) is 0 Å². The molecule has 3 rings (SSSR count). The Kier molecular flexibility index (Phi) is 4.61. The van der Waals surface area contributed by atoms with E-state index in [-0.39, 0.29) is 17.6 Å². The third-order valence-electron chi connectivity index (χ3n) is 4.30. The standard InChI is InChI=1S/C21H20FNO/c1-15(12-16-6-5-9-19(22)13-16)21(24)23(2)20-11-10-17-7-3-4-8-18(17)14-20/h3-11,13-15H,12H2,1-2H3. The van der Waals surface area contributed by atoms with E-state index < -0.39 is 0 Å². The number of carbonyl (C=O) groups excluding carboxylic acids is 1. The van der Waals surface area contributed by atoms with Gasteiger partial charge in [0.2, 0.25) is 5.91 Å². The zero-order valence-electron chi connectivity index (χ0n) is 13.9. The first kappa shape index (κ1) is 16.2. The number of amides is 1. The van der Waals surface area contributed by atoms with Gasteiger partial charge in [0.1, 0.15) is 5.82 Å². The van der Waals surface area contributed by atoms with Crippen LogP contribution in [0.2, 0.25) is 0 Å². The molecule has 2 nitrogen and oxygen atoms in total. The van der Waals surface area contributed by atoms with E-state index in [1.165, 1.54) is 12.1 Å². The molecule has 0 aromatic heterocycles. The fraction of sp³-hybridized carbons (Fsp3) is 0.190. The minimum absolute atomic E-state index is 0.0227. The molecule has 1 amide bonds. The maximum Gasteiger partial charge on any atom is 0.229 e. The zero-order chi connectivity index (χ0) is 17.1. The molecule has 0 N–H and O–H groups in total. The first-order valence-electron chi connectivity index (χ1n) is 8.05. The highest BCUT2D eigenvalue weighted by Crippen LogP contribution is 2.23. The summed E-state index contributed by atoms with van der Waals surface area (Å²) in [6.07, 6.45) is 0.522. The van der Waals surface area contributed by atoms with Crippen LogP contribution in [-0.2, 0) is 11.2 Å². The SMILES string of the molecule is CC(Cc1cccc(F)c1)C(=O)N(C)c1ccc2ccccc2c1. The van der Waals surface area contributed by atoms with Crippen molar-refractivity contribution in [3.63, 3.8) is 0 Å². The third kappa shape index (κ3) is 3.46. The van der Waals surface area contributed by atoms with Crippen LogP contribution in [-0.4, -0.2) is 13.0 Å². The first-order valence-corrected chi connectivity index (χ1v) is 8.05. The summed E-state index contributed by atoms with van der Waals surface area (Å²) in [7, 11) is 1.79. The highest BCUT2D eigenvalue weighted by Gasteiger charge is 2.19. The van der Waals surface area contributed by atoms with Gasteiger partial charge in [-0.05, 0) is 47.0 Å².